The molecule has 0 radical (unpaired) electrons. The molecule has 194 valence electrons. The molecule has 0 unspecified atom stereocenters. The Hall–Kier alpha value is -3.60. The van der Waals surface area contributed by atoms with Gasteiger partial charge in [-0.25, -0.2) is 14.4 Å². The summed E-state index contributed by atoms with van der Waals surface area (Å²) in [7, 11) is 1.73. The number of hydrogen-bond acceptors (Lipinski definition) is 5. The standard InChI is InChI=1S/C26H27F3N6O2/c1-33-22-19(32-24(33)20-8-15-3-2-6-31-23(15)35(20)11-14-4-5-14)7-16(9-21(22)37-26(28)29)25(36)34-12-17(27)10-18(30)13-34/h2-3,6-9,14,17-18,26H,4-5,10-13,30H2,1H3/t17-,18-/m1/s1. The third-order valence-corrected chi connectivity index (χ3v) is 7.14. The first-order valence-electron chi connectivity index (χ1n) is 12.4. The molecule has 37 heavy (non-hydrogen) atoms. The van der Waals surface area contributed by atoms with Gasteiger partial charge in [-0.3, -0.25) is 4.79 Å². The molecule has 1 amide bonds. The summed E-state index contributed by atoms with van der Waals surface area (Å²) in [4.78, 5) is 23.9. The molecule has 2 N–H and O–H groups in total. The van der Waals surface area contributed by atoms with Crippen LogP contribution >= 0.6 is 0 Å². The number of piperidine rings is 1. The van der Waals surface area contributed by atoms with E-state index >= 15 is 0 Å². The molecule has 8 nitrogen and oxygen atoms in total. The minimum absolute atomic E-state index is 0.0919. The summed E-state index contributed by atoms with van der Waals surface area (Å²) in [6, 6.07) is 8.15. The van der Waals surface area contributed by atoms with Crippen molar-refractivity contribution in [1.82, 2.24) is 24.0 Å². The van der Waals surface area contributed by atoms with Crippen LogP contribution in [0.5, 0.6) is 5.75 Å². The van der Waals surface area contributed by atoms with Crippen molar-refractivity contribution >= 4 is 28.0 Å². The molecule has 2 atom stereocenters. The van der Waals surface area contributed by atoms with E-state index in [1.165, 1.54) is 11.0 Å². The number of hydrogen-bond donors (Lipinski definition) is 1. The first kappa shape index (κ1) is 23.8. The highest BCUT2D eigenvalue weighted by Gasteiger charge is 2.31. The molecule has 11 heteroatoms. The molecule has 2 aliphatic rings. The van der Waals surface area contributed by atoms with Gasteiger partial charge in [0.25, 0.3) is 5.91 Å². The van der Waals surface area contributed by atoms with Crippen molar-refractivity contribution in [2.24, 2.45) is 18.7 Å². The molecule has 0 bridgehead atoms. The maximum atomic E-state index is 14.1. The fourth-order valence-corrected chi connectivity index (χ4v) is 5.29. The second-order valence-electron chi connectivity index (χ2n) is 10.0. The molecule has 3 aromatic heterocycles. The van der Waals surface area contributed by atoms with E-state index in [1.54, 1.807) is 23.9 Å². The van der Waals surface area contributed by atoms with E-state index in [2.05, 4.69) is 9.55 Å². The van der Waals surface area contributed by atoms with Gasteiger partial charge in [0.2, 0.25) is 0 Å². The number of carbonyl (C=O) groups excluding carboxylic acids is 1. The molecular weight excluding hydrogens is 485 g/mol. The summed E-state index contributed by atoms with van der Waals surface area (Å²) >= 11 is 0. The number of nitrogens with two attached hydrogens (primary N) is 1. The van der Waals surface area contributed by atoms with Crippen molar-refractivity contribution in [3.05, 3.63) is 42.1 Å². The molecule has 1 saturated carbocycles. The number of halogens is 3. The number of benzene rings is 1. The summed E-state index contributed by atoms with van der Waals surface area (Å²) < 4.78 is 49.6. The Balaban J connectivity index is 1.48. The first-order chi connectivity index (χ1) is 17.8. The average molecular weight is 513 g/mol. The topological polar surface area (TPSA) is 91.2 Å². The zero-order chi connectivity index (χ0) is 25.8. The van der Waals surface area contributed by atoms with E-state index in [9.17, 15) is 18.0 Å². The van der Waals surface area contributed by atoms with Crippen molar-refractivity contribution in [1.29, 1.82) is 0 Å². The van der Waals surface area contributed by atoms with Crippen LogP contribution in [0.1, 0.15) is 29.6 Å². The average Bonchev–Trinajstić information content (AvgIpc) is 3.51. The minimum Gasteiger partial charge on any atom is -0.432 e. The van der Waals surface area contributed by atoms with E-state index in [-0.39, 0.29) is 30.8 Å². The number of fused-ring (bicyclic) bond motifs is 2. The van der Waals surface area contributed by atoms with Gasteiger partial charge in [-0.2, -0.15) is 8.78 Å². The molecule has 1 saturated heterocycles. The SMILES string of the molecule is Cn1c(-c2cc3cccnc3n2CC2CC2)nc2cc(C(=O)N3C[C@H](N)C[C@@H](F)C3)cc(OC(F)F)c21. The minimum atomic E-state index is -3.10. The van der Waals surface area contributed by atoms with Crippen LogP contribution in [-0.4, -0.2) is 61.8 Å². The highest BCUT2D eigenvalue weighted by Crippen LogP contribution is 2.38. The van der Waals surface area contributed by atoms with Crippen LogP contribution in [0.3, 0.4) is 0 Å². The van der Waals surface area contributed by atoms with Gasteiger partial charge in [-0.1, -0.05) is 0 Å². The maximum Gasteiger partial charge on any atom is 0.387 e. The fraction of sp³-hybridized carbons (Fsp3) is 0.423. The number of pyridine rings is 1. The Labute approximate surface area is 210 Å². The van der Waals surface area contributed by atoms with Crippen molar-refractivity contribution < 1.29 is 22.7 Å². The number of amides is 1. The molecule has 0 spiro atoms. The number of imidazole rings is 1. The summed E-state index contributed by atoms with van der Waals surface area (Å²) in [6.07, 6.45) is 2.97. The Morgan fingerprint density at radius 2 is 2.05 bits per heavy atom. The van der Waals surface area contributed by atoms with Crippen LogP contribution in [-0.2, 0) is 13.6 Å². The summed E-state index contributed by atoms with van der Waals surface area (Å²) in [5.41, 5.74) is 8.30. The van der Waals surface area contributed by atoms with Gasteiger partial charge in [-0.15, -0.1) is 0 Å². The fourth-order valence-electron chi connectivity index (χ4n) is 5.29. The number of aromatic nitrogens is 4. The van der Waals surface area contributed by atoms with Crippen molar-refractivity contribution in [3.63, 3.8) is 0 Å². The van der Waals surface area contributed by atoms with E-state index < -0.39 is 24.7 Å². The van der Waals surface area contributed by atoms with Gasteiger partial charge in [0.15, 0.2) is 11.6 Å². The number of alkyl halides is 3. The van der Waals surface area contributed by atoms with Crippen LogP contribution in [0.15, 0.2) is 36.5 Å². The monoisotopic (exact) mass is 512 g/mol. The molecule has 6 rings (SSSR count). The number of likely N-dealkylation sites (tertiary alicyclic amines) is 1. The number of nitrogens with zero attached hydrogens (tertiary/aromatic N) is 5. The number of aryl methyl sites for hydroxylation is 1. The summed E-state index contributed by atoms with van der Waals surface area (Å²) in [6.45, 7) is -2.24. The second-order valence-corrected chi connectivity index (χ2v) is 10.0. The Morgan fingerprint density at radius 1 is 1.24 bits per heavy atom. The van der Waals surface area contributed by atoms with E-state index in [0.29, 0.717) is 22.8 Å². The molecule has 1 aliphatic carbocycles. The third kappa shape index (κ3) is 4.41. The van der Waals surface area contributed by atoms with Crippen molar-refractivity contribution in [2.75, 3.05) is 13.1 Å². The van der Waals surface area contributed by atoms with Crippen molar-refractivity contribution in [2.45, 2.75) is 44.6 Å². The van der Waals surface area contributed by atoms with Crippen LogP contribution < -0.4 is 10.5 Å². The lowest BCUT2D eigenvalue weighted by Gasteiger charge is -2.33. The first-order valence-corrected chi connectivity index (χ1v) is 12.4. The Bertz CT molecular complexity index is 1480. The predicted molar refractivity (Wildman–Crippen MR) is 132 cm³/mol. The van der Waals surface area contributed by atoms with Gasteiger partial charge in [-0.05, 0) is 55.5 Å². The van der Waals surface area contributed by atoms with Gasteiger partial charge < -0.3 is 24.5 Å². The van der Waals surface area contributed by atoms with Gasteiger partial charge >= 0.3 is 6.61 Å². The van der Waals surface area contributed by atoms with Gasteiger partial charge in [0, 0.05) is 43.3 Å². The van der Waals surface area contributed by atoms with E-state index in [0.717, 1.165) is 36.1 Å². The van der Waals surface area contributed by atoms with E-state index in [4.69, 9.17) is 15.5 Å². The van der Waals surface area contributed by atoms with E-state index in [1.807, 2.05) is 18.2 Å². The Morgan fingerprint density at radius 3 is 2.78 bits per heavy atom. The highest BCUT2D eigenvalue weighted by molar-refractivity contribution is 6.00. The lowest BCUT2D eigenvalue weighted by Crippen LogP contribution is -2.50. The van der Waals surface area contributed by atoms with Gasteiger partial charge in [0.05, 0.1) is 17.8 Å². The lowest BCUT2D eigenvalue weighted by atomic mass is 10.0. The molecule has 2 fully saturated rings. The highest BCUT2D eigenvalue weighted by atomic mass is 19.3. The summed E-state index contributed by atoms with van der Waals surface area (Å²) in [5, 5.41) is 0.951. The third-order valence-electron chi connectivity index (χ3n) is 7.14. The quantitative estimate of drug-likeness (QED) is 0.420. The van der Waals surface area contributed by atoms with Crippen LogP contribution in [0, 0.1) is 5.92 Å². The largest absolute Gasteiger partial charge is 0.432 e. The molecule has 4 heterocycles. The molecule has 1 aliphatic heterocycles. The number of carbonyl (C=O) groups is 1. The zero-order valence-corrected chi connectivity index (χ0v) is 20.3. The molecule has 4 aromatic rings. The zero-order valence-electron chi connectivity index (χ0n) is 20.3. The predicted octanol–water partition coefficient (Wildman–Crippen LogP) is 4.11. The molecular formula is C26H27F3N6O2. The second kappa shape index (κ2) is 9.05. The van der Waals surface area contributed by atoms with Crippen LogP contribution in [0.2, 0.25) is 0 Å². The number of rotatable bonds is 6. The van der Waals surface area contributed by atoms with Gasteiger partial charge in [0.1, 0.15) is 17.3 Å². The lowest BCUT2D eigenvalue weighted by molar-refractivity contribution is -0.0490. The Kier molecular flexibility index (Phi) is 5.82. The normalized spacial score (nSPS) is 20.3. The van der Waals surface area contributed by atoms with Crippen LogP contribution in [0.25, 0.3) is 33.6 Å². The maximum absolute atomic E-state index is 14.1. The number of ether oxygens (including phenoxy) is 1. The van der Waals surface area contributed by atoms with Crippen LogP contribution in [0.4, 0.5) is 13.2 Å². The summed E-state index contributed by atoms with van der Waals surface area (Å²) in [5.74, 6) is 0.431. The molecule has 1 aromatic carbocycles. The smallest absolute Gasteiger partial charge is 0.387 e. The van der Waals surface area contributed by atoms with Crippen molar-refractivity contribution in [3.8, 4) is 17.3 Å².